The van der Waals surface area contributed by atoms with Gasteiger partial charge < -0.3 is 15.2 Å². The molecule has 0 radical (unpaired) electrons. The van der Waals surface area contributed by atoms with Gasteiger partial charge >= 0.3 is 0 Å². The molecule has 0 spiro atoms. The highest BCUT2D eigenvalue weighted by Crippen LogP contribution is 2.20. The molecule has 0 saturated heterocycles. The van der Waals surface area contributed by atoms with Gasteiger partial charge in [0.2, 0.25) is 0 Å². The van der Waals surface area contributed by atoms with Crippen molar-refractivity contribution in [3.8, 4) is 0 Å². The first-order valence-corrected chi connectivity index (χ1v) is 11.1. The number of rotatable bonds is 6. The summed E-state index contributed by atoms with van der Waals surface area (Å²) in [5.41, 5.74) is 1.25. The van der Waals surface area contributed by atoms with E-state index in [4.69, 9.17) is 0 Å². The summed E-state index contributed by atoms with van der Waals surface area (Å²) in [6.07, 6.45) is 6.77. The number of nitrogens with one attached hydrogen (secondary N) is 2. The molecule has 2 heterocycles. The van der Waals surface area contributed by atoms with Crippen molar-refractivity contribution in [3.63, 3.8) is 0 Å². The number of benzene rings is 2. The number of aryl methyl sites for hydroxylation is 2. The van der Waals surface area contributed by atoms with Crippen molar-refractivity contribution in [3.05, 3.63) is 59.7 Å². The molecule has 1 aliphatic rings. The Labute approximate surface area is 178 Å². The Bertz CT molecular complexity index is 1010. The normalized spacial score (nSPS) is 15.5. The van der Waals surface area contributed by atoms with Gasteiger partial charge in [-0.05, 0) is 48.6 Å². The van der Waals surface area contributed by atoms with Crippen LogP contribution in [0.5, 0.6) is 0 Å². The average molecular weight is 405 g/mol. The maximum atomic E-state index is 4.43. The zero-order valence-corrected chi connectivity index (χ0v) is 18.1. The summed E-state index contributed by atoms with van der Waals surface area (Å²) in [5.74, 6) is 3.12. The summed E-state index contributed by atoms with van der Waals surface area (Å²) < 4.78 is 2.34. The van der Waals surface area contributed by atoms with E-state index in [0.717, 1.165) is 50.0 Å². The second kappa shape index (κ2) is 9.74. The van der Waals surface area contributed by atoms with Crippen LogP contribution in [0.3, 0.4) is 0 Å². The van der Waals surface area contributed by atoms with Gasteiger partial charge in [-0.25, -0.2) is 0 Å². The van der Waals surface area contributed by atoms with Gasteiger partial charge in [-0.1, -0.05) is 42.8 Å². The minimum absolute atomic E-state index is 0.174. The van der Waals surface area contributed by atoms with E-state index in [9.17, 15) is 0 Å². The number of fused-ring (bicyclic) bond motifs is 2. The number of aromatic nitrogens is 3. The molecule has 0 aliphatic carbocycles. The average Bonchev–Trinajstić information content (AvgIpc) is 3.01. The Hall–Kier alpha value is -2.89. The lowest BCUT2D eigenvalue weighted by atomic mass is 10.0. The van der Waals surface area contributed by atoms with E-state index in [2.05, 4.69) is 79.8 Å². The minimum Gasteiger partial charge on any atom is -0.356 e. The third kappa shape index (κ3) is 4.81. The first-order chi connectivity index (χ1) is 14.7. The zero-order chi connectivity index (χ0) is 20.8. The van der Waals surface area contributed by atoms with Crippen LogP contribution in [0.1, 0.15) is 55.9 Å². The van der Waals surface area contributed by atoms with Crippen molar-refractivity contribution < 1.29 is 0 Å². The molecule has 1 atom stereocenters. The molecule has 1 unspecified atom stereocenters. The van der Waals surface area contributed by atoms with Crippen LogP contribution in [0.4, 0.5) is 0 Å². The highest BCUT2D eigenvalue weighted by molar-refractivity contribution is 5.84. The summed E-state index contributed by atoms with van der Waals surface area (Å²) >= 11 is 0. The number of guanidine groups is 1. The molecule has 6 heteroatoms. The highest BCUT2D eigenvalue weighted by Gasteiger charge is 2.14. The SMILES string of the molecule is CN=C(NCCCc1nnc2n1CCCCC2)NC(C)c1ccc2ccccc2c1. The Morgan fingerprint density at radius 2 is 1.97 bits per heavy atom. The first-order valence-electron chi connectivity index (χ1n) is 11.1. The molecule has 30 heavy (non-hydrogen) atoms. The van der Waals surface area contributed by atoms with Crippen LogP contribution in [0.2, 0.25) is 0 Å². The molecular weight excluding hydrogens is 372 g/mol. The van der Waals surface area contributed by atoms with Gasteiger partial charge in [-0.3, -0.25) is 4.99 Å². The van der Waals surface area contributed by atoms with E-state index in [0.29, 0.717) is 0 Å². The molecule has 1 aliphatic heterocycles. The molecule has 2 N–H and O–H groups in total. The van der Waals surface area contributed by atoms with Gasteiger partial charge in [0.15, 0.2) is 5.96 Å². The fraction of sp³-hybridized carbons (Fsp3) is 0.458. The summed E-state index contributed by atoms with van der Waals surface area (Å²) in [6.45, 7) is 4.09. The fourth-order valence-electron chi connectivity index (χ4n) is 4.14. The topological polar surface area (TPSA) is 67.1 Å². The van der Waals surface area contributed by atoms with Crippen LogP contribution in [0, 0.1) is 0 Å². The maximum Gasteiger partial charge on any atom is 0.191 e. The lowest BCUT2D eigenvalue weighted by Crippen LogP contribution is -2.39. The molecule has 0 fully saturated rings. The summed E-state index contributed by atoms with van der Waals surface area (Å²) in [4.78, 5) is 4.39. The van der Waals surface area contributed by atoms with E-state index in [1.807, 2.05) is 7.05 Å². The van der Waals surface area contributed by atoms with Crippen LogP contribution < -0.4 is 10.6 Å². The Morgan fingerprint density at radius 3 is 2.83 bits per heavy atom. The number of nitrogens with zero attached hydrogens (tertiary/aromatic N) is 4. The molecule has 6 nitrogen and oxygen atoms in total. The molecule has 1 aromatic heterocycles. The third-order valence-electron chi connectivity index (χ3n) is 5.91. The Balaban J connectivity index is 1.28. The predicted octanol–water partition coefficient (Wildman–Crippen LogP) is 4.02. The van der Waals surface area contributed by atoms with Crippen molar-refractivity contribution in [2.24, 2.45) is 4.99 Å². The van der Waals surface area contributed by atoms with E-state index in [1.165, 1.54) is 35.6 Å². The van der Waals surface area contributed by atoms with Gasteiger partial charge in [0.25, 0.3) is 0 Å². The summed E-state index contributed by atoms with van der Waals surface area (Å²) in [7, 11) is 1.82. The van der Waals surface area contributed by atoms with Crippen LogP contribution >= 0.6 is 0 Å². The second-order valence-corrected chi connectivity index (χ2v) is 8.07. The summed E-state index contributed by atoms with van der Waals surface area (Å²) in [6, 6.07) is 15.2. The molecular formula is C24H32N6. The van der Waals surface area contributed by atoms with E-state index >= 15 is 0 Å². The number of hydrogen-bond acceptors (Lipinski definition) is 3. The smallest absolute Gasteiger partial charge is 0.191 e. The molecule has 0 amide bonds. The Morgan fingerprint density at radius 1 is 1.10 bits per heavy atom. The zero-order valence-electron chi connectivity index (χ0n) is 18.1. The molecule has 2 aromatic carbocycles. The molecule has 0 saturated carbocycles. The monoisotopic (exact) mass is 404 g/mol. The van der Waals surface area contributed by atoms with Crippen molar-refractivity contribution in [2.75, 3.05) is 13.6 Å². The second-order valence-electron chi connectivity index (χ2n) is 8.07. The highest BCUT2D eigenvalue weighted by atomic mass is 15.3. The van der Waals surface area contributed by atoms with E-state index in [-0.39, 0.29) is 6.04 Å². The van der Waals surface area contributed by atoms with Crippen molar-refractivity contribution in [2.45, 2.75) is 58.0 Å². The molecule has 0 bridgehead atoms. The maximum absolute atomic E-state index is 4.43. The number of hydrogen-bond donors (Lipinski definition) is 2. The van der Waals surface area contributed by atoms with Crippen LogP contribution in [-0.4, -0.2) is 34.3 Å². The lowest BCUT2D eigenvalue weighted by Gasteiger charge is -2.19. The third-order valence-corrected chi connectivity index (χ3v) is 5.91. The predicted molar refractivity (Wildman–Crippen MR) is 123 cm³/mol. The molecule has 158 valence electrons. The standard InChI is InChI=1S/C24H32N6/c1-18(20-14-13-19-9-5-6-10-21(19)17-20)27-24(25-2)26-15-8-12-23-29-28-22-11-4-3-7-16-30(22)23/h5-6,9-10,13-14,17-18H,3-4,7-8,11-12,15-16H2,1-2H3,(H2,25,26,27). The Kier molecular flexibility index (Phi) is 6.62. The van der Waals surface area contributed by atoms with Crippen LogP contribution in [0.15, 0.2) is 47.5 Å². The molecule has 4 rings (SSSR count). The van der Waals surface area contributed by atoms with Gasteiger partial charge in [0.1, 0.15) is 11.6 Å². The number of aliphatic imine (C=N–C) groups is 1. The quantitative estimate of drug-likeness (QED) is 0.370. The van der Waals surface area contributed by atoms with Crippen LogP contribution in [-0.2, 0) is 19.4 Å². The summed E-state index contributed by atoms with van der Waals surface area (Å²) in [5, 5.41) is 18.3. The largest absolute Gasteiger partial charge is 0.356 e. The lowest BCUT2D eigenvalue weighted by molar-refractivity contribution is 0.592. The fourth-order valence-corrected chi connectivity index (χ4v) is 4.14. The van der Waals surface area contributed by atoms with Gasteiger partial charge in [0, 0.05) is 33.0 Å². The van der Waals surface area contributed by atoms with Gasteiger partial charge in [-0.2, -0.15) is 0 Å². The van der Waals surface area contributed by atoms with Crippen molar-refractivity contribution in [1.82, 2.24) is 25.4 Å². The van der Waals surface area contributed by atoms with Gasteiger partial charge in [0.05, 0.1) is 6.04 Å². The van der Waals surface area contributed by atoms with E-state index in [1.54, 1.807) is 0 Å². The van der Waals surface area contributed by atoms with Crippen molar-refractivity contribution >= 4 is 16.7 Å². The van der Waals surface area contributed by atoms with E-state index < -0.39 is 0 Å². The van der Waals surface area contributed by atoms with Crippen LogP contribution in [0.25, 0.3) is 10.8 Å². The van der Waals surface area contributed by atoms with Crippen molar-refractivity contribution in [1.29, 1.82) is 0 Å². The van der Waals surface area contributed by atoms with Gasteiger partial charge in [-0.15, -0.1) is 10.2 Å². The first kappa shape index (κ1) is 20.4. The minimum atomic E-state index is 0.174. The molecule has 3 aromatic rings.